The van der Waals surface area contributed by atoms with Crippen molar-refractivity contribution >= 4 is 54.6 Å². The largest absolute Gasteiger partial charge is 0.338 e. The summed E-state index contributed by atoms with van der Waals surface area (Å²) in [7, 11) is 0. The topological polar surface area (TPSA) is 40.5 Å². The van der Waals surface area contributed by atoms with Crippen molar-refractivity contribution < 1.29 is 9.79 Å². The van der Waals surface area contributed by atoms with Crippen molar-refractivity contribution in [2.24, 2.45) is 0 Å². The van der Waals surface area contributed by atoms with Crippen molar-refractivity contribution in [3.63, 3.8) is 0 Å². The zero-order chi connectivity index (χ0) is 4.50. The van der Waals surface area contributed by atoms with E-state index in [0.29, 0.717) is 0 Å². The molecule has 0 saturated carbocycles. The number of halogens is 2. The molecule has 0 heterocycles. The van der Waals surface area contributed by atoms with Gasteiger partial charge in [-0.3, -0.25) is 0 Å². The van der Waals surface area contributed by atoms with Crippen molar-refractivity contribution in [3.8, 4) is 0 Å². The molecule has 0 bridgehead atoms. The van der Waals surface area contributed by atoms with Gasteiger partial charge in [0.05, 0.1) is 0 Å². The Balaban J connectivity index is -0.0000000800. The molecule has 48 valence electrons. The summed E-state index contributed by atoms with van der Waals surface area (Å²) in [5, 5.41) is 0. The molecular weight excluding hydrogens is 198 g/mol. The molecule has 0 amide bonds. The van der Waals surface area contributed by atoms with E-state index in [0.717, 1.165) is 0 Å². The van der Waals surface area contributed by atoms with Crippen molar-refractivity contribution in [2.75, 3.05) is 0 Å². The highest BCUT2D eigenvalue weighted by molar-refractivity contribution is 8.59. The Morgan fingerprint density at radius 3 is 1.29 bits per heavy atom. The maximum Gasteiger partial charge on any atom is 0.239 e. The van der Waals surface area contributed by atoms with Gasteiger partial charge in [-0.1, -0.05) is 12.2 Å². The fourth-order valence-electron chi connectivity index (χ4n) is 0. The van der Waals surface area contributed by atoms with Crippen molar-refractivity contribution in [3.05, 3.63) is 0 Å². The minimum Gasteiger partial charge on any atom is -0.338 e. The molecule has 0 rings (SSSR count). The molecule has 0 aromatic heterocycles. The summed E-state index contributed by atoms with van der Waals surface area (Å²) in [5.74, 6) is 0. The fourth-order valence-corrected chi connectivity index (χ4v) is 0. The van der Waals surface area contributed by atoms with E-state index in [1.165, 1.54) is 0 Å². The number of thiol groups is 1. The predicted octanol–water partition coefficient (Wildman–Crippen LogP) is 0.969. The summed E-state index contributed by atoms with van der Waals surface area (Å²) >= 11 is 7.07. The fraction of sp³-hybridized carbons (Fsp3) is 0. The van der Waals surface area contributed by atoms with Crippen LogP contribution < -0.4 is 0 Å². The number of hydrogen-bond donors (Lipinski definition) is 3. The van der Waals surface area contributed by atoms with Crippen LogP contribution in [-0.2, 0) is 11.8 Å². The standard InChI is InChI=1S/2ClH.H3O2PS2/c;;1-3(2,4)5/h2*1H;(H3,1,2,4,5). The van der Waals surface area contributed by atoms with E-state index in [1.807, 2.05) is 0 Å². The minimum atomic E-state index is -3.11. The highest BCUT2D eigenvalue weighted by atomic mass is 35.5. The van der Waals surface area contributed by atoms with Crippen molar-refractivity contribution in [1.82, 2.24) is 0 Å². The molecule has 0 spiro atoms. The summed E-state index contributed by atoms with van der Waals surface area (Å²) < 4.78 is 0. The molecule has 0 aliphatic heterocycles. The molecule has 0 unspecified atom stereocenters. The van der Waals surface area contributed by atoms with E-state index in [9.17, 15) is 0 Å². The lowest BCUT2D eigenvalue weighted by Gasteiger charge is -1.88. The van der Waals surface area contributed by atoms with Crippen LogP contribution >= 0.6 is 42.8 Å². The smallest absolute Gasteiger partial charge is 0.239 e. The highest BCUT2D eigenvalue weighted by Gasteiger charge is 1.90. The Morgan fingerprint density at radius 1 is 1.29 bits per heavy atom. The summed E-state index contributed by atoms with van der Waals surface area (Å²) in [4.78, 5) is 15.7. The van der Waals surface area contributed by atoms with Gasteiger partial charge < -0.3 is 9.79 Å². The van der Waals surface area contributed by atoms with E-state index in [2.05, 4.69) is 24.1 Å². The second kappa shape index (κ2) is 5.63. The van der Waals surface area contributed by atoms with Gasteiger partial charge in [0.1, 0.15) is 0 Å². The van der Waals surface area contributed by atoms with Crippen LogP contribution in [0.2, 0.25) is 0 Å². The molecule has 0 fully saturated rings. The SMILES string of the molecule is Cl.Cl.OP(O)(=S)S. The average Bonchev–Trinajstić information content (AvgIpc) is 0.722. The van der Waals surface area contributed by atoms with Crippen LogP contribution in [-0.4, -0.2) is 9.79 Å². The van der Waals surface area contributed by atoms with Gasteiger partial charge in [-0.05, 0) is 11.8 Å². The van der Waals surface area contributed by atoms with Gasteiger partial charge in [0.2, 0.25) is 5.69 Å². The van der Waals surface area contributed by atoms with E-state index >= 15 is 0 Å². The Kier molecular flexibility index (Phi) is 12.7. The third-order valence-corrected chi connectivity index (χ3v) is 0. The monoisotopic (exact) mass is 202 g/mol. The van der Waals surface area contributed by atoms with E-state index < -0.39 is 5.69 Å². The highest BCUT2D eigenvalue weighted by Crippen LogP contribution is 2.39. The average molecular weight is 203 g/mol. The van der Waals surface area contributed by atoms with Gasteiger partial charge in [-0.2, -0.15) is 0 Å². The van der Waals surface area contributed by atoms with E-state index in [4.69, 9.17) is 9.79 Å². The number of rotatable bonds is 0. The molecule has 0 aliphatic carbocycles. The minimum absolute atomic E-state index is 0. The van der Waals surface area contributed by atoms with Crippen molar-refractivity contribution in [2.45, 2.75) is 0 Å². The lowest BCUT2D eigenvalue weighted by atomic mass is 15.9. The lowest BCUT2D eigenvalue weighted by molar-refractivity contribution is 0.503. The molecule has 2 N–H and O–H groups in total. The van der Waals surface area contributed by atoms with Crippen LogP contribution in [0.3, 0.4) is 0 Å². The molecule has 0 radical (unpaired) electrons. The van der Waals surface area contributed by atoms with Crippen LogP contribution in [0.25, 0.3) is 0 Å². The first-order valence-electron chi connectivity index (χ1n) is 0.783. The molecule has 2 nitrogen and oxygen atoms in total. The molecule has 0 aromatic rings. The second-order valence-electron chi connectivity index (χ2n) is 0.513. The Morgan fingerprint density at radius 2 is 1.29 bits per heavy atom. The third kappa shape index (κ3) is 101. The van der Waals surface area contributed by atoms with Gasteiger partial charge in [-0.25, -0.2) is 0 Å². The molecule has 0 saturated heterocycles. The summed E-state index contributed by atoms with van der Waals surface area (Å²) in [6.07, 6.45) is 0. The van der Waals surface area contributed by atoms with Crippen LogP contribution in [0.4, 0.5) is 0 Å². The van der Waals surface area contributed by atoms with Crippen molar-refractivity contribution in [1.29, 1.82) is 0 Å². The maximum atomic E-state index is 7.87. The van der Waals surface area contributed by atoms with Gasteiger partial charge in [0.25, 0.3) is 0 Å². The van der Waals surface area contributed by atoms with Crippen LogP contribution in [0.5, 0.6) is 0 Å². The molecule has 0 aliphatic rings. The molecule has 7 heavy (non-hydrogen) atoms. The lowest BCUT2D eigenvalue weighted by Crippen LogP contribution is -1.53. The summed E-state index contributed by atoms with van der Waals surface area (Å²) in [6.45, 7) is 0. The van der Waals surface area contributed by atoms with Gasteiger partial charge in [-0.15, -0.1) is 24.8 Å². The third-order valence-electron chi connectivity index (χ3n) is 0. The molecule has 0 aromatic carbocycles. The molecule has 0 atom stereocenters. The quantitative estimate of drug-likeness (QED) is 0.405. The van der Waals surface area contributed by atoms with E-state index in [1.54, 1.807) is 0 Å². The molecular formula is H5Cl2O2PS2. The summed E-state index contributed by atoms with van der Waals surface area (Å²) in [6, 6.07) is 0. The summed E-state index contributed by atoms with van der Waals surface area (Å²) in [5.41, 5.74) is -3.11. The zero-order valence-corrected chi connectivity index (χ0v) is 7.25. The first kappa shape index (κ1) is 15.8. The first-order valence-corrected chi connectivity index (χ1v) is 4.64. The predicted molar refractivity (Wildman–Crippen MR) is 42.2 cm³/mol. The van der Waals surface area contributed by atoms with Crippen LogP contribution in [0, 0.1) is 0 Å². The van der Waals surface area contributed by atoms with E-state index in [-0.39, 0.29) is 24.8 Å². The van der Waals surface area contributed by atoms with Gasteiger partial charge >= 0.3 is 0 Å². The Labute approximate surface area is 64.5 Å². The number of hydrogen-bond acceptors (Lipinski definition) is 1. The van der Waals surface area contributed by atoms with Gasteiger partial charge in [0, 0.05) is 0 Å². The Hall–Kier alpha value is 1.50. The first-order chi connectivity index (χ1) is 2.00. The Bertz CT molecular complexity index is 59.8. The van der Waals surface area contributed by atoms with Crippen LogP contribution in [0.15, 0.2) is 0 Å². The normalized spacial score (nSPS) is 8.43. The van der Waals surface area contributed by atoms with Gasteiger partial charge in [0.15, 0.2) is 0 Å². The maximum absolute atomic E-state index is 7.87. The second-order valence-corrected chi connectivity index (χ2v) is 5.55. The molecule has 7 heteroatoms. The zero-order valence-electron chi connectivity index (χ0n) is 3.01. The van der Waals surface area contributed by atoms with Crippen LogP contribution in [0.1, 0.15) is 0 Å².